The third kappa shape index (κ3) is 18.9. The zero-order valence-electron chi connectivity index (χ0n) is 91.5. The van der Waals surface area contributed by atoms with Crippen LogP contribution in [0.3, 0.4) is 0 Å². The van der Waals surface area contributed by atoms with Crippen molar-refractivity contribution < 1.29 is 167 Å². The number of aliphatic hydroxyl groups is 6. The normalized spacial score (nSPS) is 36.7. The maximum Gasteiger partial charge on any atom is 0.408 e. The fourth-order valence-corrected chi connectivity index (χ4v) is 35.6. The Morgan fingerprint density at radius 2 is 0.920 bits per heavy atom. The zero-order valence-corrected chi connectivity index (χ0v) is 94.2. The summed E-state index contributed by atoms with van der Waals surface area (Å²) in [4.78, 5) is 169. The van der Waals surface area contributed by atoms with Crippen molar-refractivity contribution in [2.45, 2.75) is 380 Å². The number of esters is 8. The van der Waals surface area contributed by atoms with E-state index in [0.29, 0.717) is 36.2 Å². The molecule has 36 nitrogen and oxygen atoms in total. The van der Waals surface area contributed by atoms with Crippen molar-refractivity contribution in [3.8, 4) is 0 Å². The topological polar surface area (TPSA) is 511 Å². The summed E-state index contributed by atoms with van der Waals surface area (Å²) in [5.41, 5.74) is -17.3. The van der Waals surface area contributed by atoms with Gasteiger partial charge in [-0.15, -0.1) is 0 Å². The Morgan fingerprint density at radius 1 is 0.507 bits per heavy atom. The molecule has 6 saturated carbocycles. The molecule has 9 aliphatic carbocycles. The summed E-state index contributed by atoms with van der Waals surface area (Å²) in [6.45, 7) is 49.2. The number of aliphatic hydroxyl groups excluding tert-OH is 3. The Morgan fingerprint density at radius 3 is 1.33 bits per heavy atom. The first-order valence-corrected chi connectivity index (χ1v) is 57.0. The lowest BCUT2D eigenvalue weighted by Crippen LogP contribution is -2.81. The molecule has 150 heavy (non-hydrogen) atoms. The molecule has 0 spiro atoms. The molecule has 1 amide bonds. The predicted octanol–water partition coefficient (Wildman–Crippen LogP) is 15.4. The van der Waals surface area contributed by atoms with Gasteiger partial charge in [0, 0.05) is 85.2 Å². The van der Waals surface area contributed by atoms with Crippen molar-refractivity contribution in [2.24, 2.45) is 73.9 Å². The van der Waals surface area contributed by atoms with Crippen LogP contribution in [0, 0.1) is 73.9 Å². The number of alkyl carbamates (subject to hydrolysis) is 1. The Balaban J connectivity index is 0.000000194. The number of Topliss-reactive ketones (excluding diaryl/α,β-unsaturated/α-hetero) is 3. The van der Waals surface area contributed by atoms with Crippen molar-refractivity contribution in [2.75, 3.05) is 31.8 Å². The highest BCUT2D eigenvalue weighted by Crippen LogP contribution is 2.71. The second kappa shape index (κ2) is 41.9. The first-order chi connectivity index (χ1) is 69.7. The van der Waals surface area contributed by atoms with Crippen LogP contribution >= 0.6 is 21.6 Å². The minimum atomic E-state index is -3.08. The zero-order chi connectivity index (χ0) is 111. The van der Waals surface area contributed by atoms with E-state index < -0.39 is 261 Å². The number of hydrogen-bond acceptors (Lipinski definition) is 37. The summed E-state index contributed by atoms with van der Waals surface area (Å²) < 4.78 is 103. The highest BCUT2D eigenvalue weighted by atomic mass is 33.1. The SMILES string of the molecule is CC(=O)O[C@@]12CO[C@@H]1C[C@H](C)[C@@]1(C)C(=O)[C@H](C)C3=C(C)[C@@H](C)C[C@@](O)([C@@H](OC(=O)c4ccco4)[C@H]21)C3(C)C.CC(=O)O[C@@]12CO[C@@H]1C[C@H](O)[C@@]1(C)C(=O)[C@H](O)C3=C(C)[C@@H](O)C[C@@](O)([C@@H](OC(=O)c4ccco4)[C@H]21)C3(C)C.CSSCCCC(=O)O[C@H]1C(=O)[C@@]2(C)[C@H]([C@H](OC(=O)c3ccco3)[C@]3(O)C[C@H](OC(=O)[C@H](O[Si](C(C)C)(C(C)C)C(C)C)[C@@H](NC(=O)OC(C)(C)C)c4ccco4)C(C)=C1C3(C)C)[C@]1(OC(C)=O)CO[C@@H]1C[C@@H]2C. The van der Waals surface area contributed by atoms with E-state index >= 15 is 9.59 Å². The molecule has 9 fully saturated rings. The molecule has 7 heterocycles. The maximum absolute atomic E-state index is 16.3. The Hall–Kier alpha value is -9.10. The summed E-state index contributed by atoms with van der Waals surface area (Å²) in [7, 11) is 0.0511. The molecule has 4 aromatic rings. The third-order valence-corrected chi connectivity index (χ3v) is 44.8. The highest BCUT2D eigenvalue weighted by molar-refractivity contribution is 8.76. The van der Waals surface area contributed by atoms with Crippen LogP contribution in [0.4, 0.5) is 4.79 Å². The van der Waals surface area contributed by atoms with Gasteiger partial charge in [-0.2, -0.15) is 0 Å². The number of ether oxygens (including phenoxy) is 12. The molecule has 828 valence electrons. The van der Waals surface area contributed by atoms with E-state index in [4.69, 9.17) is 78.9 Å². The van der Waals surface area contributed by atoms with E-state index in [0.717, 1.165) is 11.1 Å². The number of amides is 1. The number of fused-ring (bicyclic) bond motifs is 15. The molecular weight excluding hydrogens is 2000 g/mol. The van der Waals surface area contributed by atoms with Gasteiger partial charge in [0.2, 0.25) is 25.6 Å². The standard InChI is InChI=1S/C54H79NO16S2Si.C30H40O8.C27H34O11/c1-29(2)74(30(3)4,31(5)6)71-43(41(35-20-17-23-63-35)55-49(61)70-50(10,11)12)48(60)66-37-27-54(62)46(68-47(59)36-21-18-24-64-36)44-52(15,32(7)26-38-53(44,28-65-38)69-34(9)56)45(58)42(40(33(37)8)51(54,13)14)67-39(57)22-19-25-73-72-16;1-15-13-30(34)25(37-26(33)20-10-9-11-35-20)23-28(8,24(32)18(4)22(17(15)3)27(30,6)7)16(2)12-21-29(23,14-36-21)38-19(5)31;1-12-14(29)10-27(34)22(37-23(33)15-7-6-8-35-15)20-25(5,21(32)19(31)18(12)24(27,3)4)16(30)9-17-26(20,11-36-17)38-13(2)28/h17-18,20-21,23-24,29-32,37-38,41-44,46,62H,19,22,25-28H2,1-16H3,(H,55,61);9-11,15-16,18,21,23,25,34H,12-14H2,1-8H3;6-8,14,16-17,19-20,22,29-31,34H,9-11H2,1-5H3/t32-,37-,38+,41-,42+,43+,44-,46-,52+,53-,54+;15-,16-,18+,21+,23-,25-,28+,29-,30+;14-,16-,17+,19+,20-,22-,25+,26-,27+/m000/s1. The van der Waals surface area contributed by atoms with E-state index in [2.05, 4.69) is 5.32 Å². The molecule has 16 rings (SSSR count). The highest BCUT2D eigenvalue weighted by Gasteiger charge is 2.82. The van der Waals surface area contributed by atoms with Gasteiger partial charge in [-0.3, -0.25) is 33.6 Å². The molecule has 12 aliphatic rings. The quantitative estimate of drug-likeness (QED) is 0.00809. The van der Waals surface area contributed by atoms with Gasteiger partial charge >= 0.3 is 53.8 Å². The lowest BCUT2D eigenvalue weighted by Gasteiger charge is -2.68. The van der Waals surface area contributed by atoms with Gasteiger partial charge in [0.25, 0.3) is 0 Å². The number of carbonyl (C=O) groups is 12. The third-order valence-electron chi connectivity index (χ3n) is 36.8. The van der Waals surface area contributed by atoms with Crippen LogP contribution in [0.25, 0.3) is 0 Å². The van der Waals surface area contributed by atoms with E-state index in [9.17, 15) is 78.6 Å². The molecule has 0 aromatic carbocycles. The van der Waals surface area contributed by atoms with Crippen LogP contribution in [-0.4, -0.2) is 254 Å². The molecule has 4 aromatic heterocycles. The predicted molar refractivity (Wildman–Crippen MR) is 545 cm³/mol. The maximum atomic E-state index is 16.3. The monoisotopic (exact) mass is 2150 g/mol. The first kappa shape index (κ1) is 116. The Bertz CT molecular complexity index is 5660. The summed E-state index contributed by atoms with van der Waals surface area (Å²) in [5, 5.41) is 76.5. The fourth-order valence-electron chi connectivity index (χ4n) is 28.8. The smallest absolute Gasteiger partial charge is 0.408 e. The fraction of sp³-hybridized carbons (Fsp3) is 0.694. The molecule has 0 unspecified atom stereocenters. The summed E-state index contributed by atoms with van der Waals surface area (Å²) in [6, 6.07) is 10.7. The molecule has 3 aliphatic heterocycles. The lowest BCUT2D eigenvalue weighted by atomic mass is 9.42. The minimum absolute atomic E-state index is 0.00234. The van der Waals surface area contributed by atoms with Crippen molar-refractivity contribution in [3.05, 3.63) is 130 Å². The van der Waals surface area contributed by atoms with Crippen LogP contribution in [0.1, 0.15) is 289 Å². The number of furan rings is 4. The number of rotatable bonds is 25. The summed E-state index contributed by atoms with van der Waals surface area (Å²) in [5.74, 6) is -12.1. The number of ketones is 3. The number of nitrogens with one attached hydrogen (secondary N) is 1. The van der Waals surface area contributed by atoms with E-state index in [1.54, 1.807) is 109 Å². The number of hydrogen-bond donors (Lipinski definition) is 7. The first-order valence-electron chi connectivity index (χ1n) is 52.1. The number of carbonyl (C=O) groups excluding carboxylic acids is 12. The van der Waals surface area contributed by atoms with Crippen molar-refractivity contribution >= 4 is 101 Å². The second-order valence-corrected chi connectivity index (χ2v) is 55.9. The Kier molecular flexibility index (Phi) is 32.5. The number of allylic oxidation sites excluding steroid dienone is 1. The van der Waals surface area contributed by atoms with Crippen LogP contribution in [0.2, 0.25) is 16.6 Å². The second-order valence-electron chi connectivity index (χ2n) is 47.8. The van der Waals surface area contributed by atoms with Crippen LogP contribution in [-0.2, 0) is 99.6 Å². The minimum Gasteiger partial charge on any atom is -0.467 e. The van der Waals surface area contributed by atoms with Crippen LogP contribution in [0.5, 0.6) is 0 Å². The van der Waals surface area contributed by atoms with Crippen molar-refractivity contribution in [1.82, 2.24) is 5.32 Å². The van der Waals surface area contributed by atoms with Gasteiger partial charge in [0.15, 0.2) is 40.6 Å². The summed E-state index contributed by atoms with van der Waals surface area (Å²) in [6.07, 6.45) is -8.88. The van der Waals surface area contributed by atoms with E-state index in [1.165, 1.54) is 83.1 Å². The Labute approximate surface area is 884 Å². The molecule has 6 bridgehead atoms. The molecular formula is C111H153NO35S2Si. The van der Waals surface area contributed by atoms with Gasteiger partial charge in [-0.1, -0.05) is 157 Å². The summed E-state index contributed by atoms with van der Waals surface area (Å²) >= 11 is 0. The largest absolute Gasteiger partial charge is 0.467 e. The van der Waals surface area contributed by atoms with Crippen molar-refractivity contribution in [3.63, 3.8) is 0 Å². The van der Waals surface area contributed by atoms with Crippen LogP contribution < -0.4 is 5.32 Å². The van der Waals surface area contributed by atoms with E-state index in [-0.39, 0.29) is 114 Å². The van der Waals surface area contributed by atoms with Crippen LogP contribution in [0.15, 0.2) is 125 Å². The van der Waals surface area contributed by atoms with E-state index in [1.807, 2.05) is 103 Å². The van der Waals surface area contributed by atoms with Gasteiger partial charge < -0.3 is 115 Å². The average molecular weight is 2150 g/mol. The average Bonchev–Trinajstić information content (AvgIpc) is 1.03. The van der Waals surface area contributed by atoms with Gasteiger partial charge in [-0.05, 0) is 186 Å². The molecule has 29 atom stereocenters. The van der Waals surface area contributed by atoms with Gasteiger partial charge in [-0.25, -0.2) is 24.0 Å². The van der Waals surface area contributed by atoms with Gasteiger partial charge in [0.05, 0.1) is 80.2 Å². The molecule has 0 radical (unpaired) electrons. The molecule has 39 heteroatoms. The molecule has 7 N–H and O–H groups in total. The van der Waals surface area contributed by atoms with Gasteiger partial charge in [0.1, 0.15) is 88.8 Å². The van der Waals surface area contributed by atoms with Crippen molar-refractivity contribution in [1.29, 1.82) is 0 Å². The molecule has 3 saturated heterocycles. The lowest BCUT2D eigenvalue weighted by molar-refractivity contribution is -0.346.